The maximum atomic E-state index is 12.8. The molecule has 7 heteroatoms. The Morgan fingerprint density at radius 3 is 2.21 bits per heavy atom. The van der Waals surface area contributed by atoms with Gasteiger partial charge in [-0.05, 0) is 49.7 Å². The summed E-state index contributed by atoms with van der Waals surface area (Å²) in [6, 6.07) is 11.3. The highest BCUT2D eigenvalue weighted by Crippen LogP contribution is 2.50. The summed E-state index contributed by atoms with van der Waals surface area (Å²) in [6.45, 7) is 13.6. The number of morpholine rings is 1. The Kier molecular flexibility index (Phi) is 11.0. The number of carbonyl (C=O) groups excluding carboxylic acids is 1. The Balaban J connectivity index is 0.000000420. The minimum Gasteiger partial charge on any atom is -0.445 e. The van der Waals surface area contributed by atoms with E-state index in [0.29, 0.717) is 47.8 Å². The Bertz CT molecular complexity index is 968. The van der Waals surface area contributed by atoms with Crippen LogP contribution in [0, 0.1) is 0 Å². The molecule has 2 aromatic carbocycles. The van der Waals surface area contributed by atoms with Crippen molar-refractivity contribution in [3.8, 4) is 11.5 Å². The summed E-state index contributed by atoms with van der Waals surface area (Å²) in [7, 11) is 0. The average Bonchev–Trinajstić information content (AvgIpc) is 3.30. The third-order valence-corrected chi connectivity index (χ3v) is 5.72. The van der Waals surface area contributed by atoms with Gasteiger partial charge in [0.2, 0.25) is 0 Å². The molecule has 0 spiro atoms. The zero-order valence-electron chi connectivity index (χ0n) is 19.6. The zero-order valence-corrected chi connectivity index (χ0v) is 21.9. The number of carbonyl (C=O) groups is 1. The number of fused-ring (bicyclic) bond motifs is 1. The number of ether oxygens (including phenoxy) is 3. The Hall–Kier alpha value is -2.28. The van der Waals surface area contributed by atoms with Crippen LogP contribution in [-0.4, -0.2) is 37.1 Å². The van der Waals surface area contributed by atoms with Gasteiger partial charge < -0.3 is 19.1 Å². The predicted octanol–water partition coefficient (Wildman–Crippen LogP) is 7.21. The molecule has 1 amide bonds. The lowest BCUT2D eigenvalue weighted by Crippen LogP contribution is -2.40. The van der Waals surface area contributed by atoms with Crippen molar-refractivity contribution in [1.29, 1.82) is 0 Å². The largest absolute Gasteiger partial charge is 0.445 e. The van der Waals surface area contributed by atoms with E-state index in [2.05, 4.69) is 42.4 Å². The van der Waals surface area contributed by atoms with Gasteiger partial charge >= 0.3 is 0 Å². The number of benzene rings is 2. The van der Waals surface area contributed by atoms with Crippen LogP contribution in [0.3, 0.4) is 0 Å². The van der Waals surface area contributed by atoms with Crippen LogP contribution in [0.1, 0.15) is 49.9 Å². The molecule has 1 saturated heterocycles. The summed E-state index contributed by atoms with van der Waals surface area (Å²) in [6.07, 6.45) is 3.25. The number of amides is 1. The van der Waals surface area contributed by atoms with Crippen LogP contribution in [0.5, 0.6) is 11.5 Å². The molecule has 2 heterocycles. The molecule has 0 radical (unpaired) electrons. The van der Waals surface area contributed by atoms with Crippen molar-refractivity contribution in [2.45, 2.75) is 34.0 Å². The van der Waals surface area contributed by atoms with E-state index in [1.807, 2.05) is 44.2 Å². The SMILES string of the molecule is C=CC.CC=C(C)C.O=C(c1cc(Br)c2c(c1Cl)OC(c1ccccc1)O2)N1CCOCC1. The van der Waals surface area contributed by atoms with Gasteiger partial charge in [0.05, 0.1) is 28.3 Å². The number of hydrogen-bond donors (Lipinski definition) is 0. The number of allylic oxidation sites excluding steroid dienone is 3. The third kappa shape index (κ3) is 7.36. The van der Waals surface area contributed by atoms with Gasteiger partial charge in [0.15, 0.2) is 11.5 Å². The van der Waals surface area contributed by atoms with E-state index in [4.69, 9.17) is 25.8 Å². The van der Waals surface area contributed by atoms with Gasteiger partial charge in [-0.3, -0.25) is 4.79 Å². The molecule has 0 bridgehead atoms. The molecule has 2 aromatic rings. The standard InChI is InChI=1S/C18H15BrClNO4.C5H10.C3H6/c19-13-10-12(17(22)21-6-8-23-9-7-21)14(20)16-15(13)24-18(25-16)11-4-2-1-3-5-11;1-4-5(2)3;1-3-2/h1-5,10,18H,6-9H2;4H,1-3H3;3H,1H2,2H3. The highest BCUT2D eigenvalue weighted by Gasteiger charge is 2.34. The van der Waals surface area contributed by atoms with Crippen molar-refractivity contribution in [3.63, 3.8) is 0 Å². The highest BCUT2D eigenvalue weighted by atomic mass is 79.9. The van der Waals surface area contributed by atoms with Crippen molar-refractivity contribution in [3.05, 3.63) is 81.3 Å². The van der Waals surface area contributed by atoms with Gasteiger partial charge in [-0.2, -0.15) is 0 Å². The number of hydrogen-bond acceptors (Lipinski definition) is 4. The van der Waals surface area contributed by atoms with E-state index < -0.39 is 6.29 Å². The molecular formula is C26H31BrClNO4. The smallest absolute Gasteiger partial charge is 0.268 e. The monoisotopic (exact) mass is 535 g/mol. The molecule has 0 aliphatic carbocycles. The average molecular weight is 537 g/mol. The first kappa shape index (κ1) is 27.0. The lowest BCUT2D eigenvalue weighted by atomic mass is 10.1. The second-order valence-corrected chi connectivity index (χ2v) is 8.77. The third-order valence-electron chi connectivity index (χ3n) is 4.76. The van der Waals surface area contributed by atoms with Gasteiger partial charge in [-0.1, -0.05) is 59.7 Å². The van der Waals surface area contributed by atoms with E-state index >= 15 is 0 Å². The molecule has 1 fully saturated rings. The van der Waals surface area contributed by atoms with E-state index in [-0.39, 0.29) is 10.9 Å². The summed E-state index contributed by atoms with van der Waals surface area (Å²) in [5, 5.41) is 0.271. The van der Waals surface area contributed by atoms with E-state index in [1.54, 1.807) is 17.0 Å². The van der Waals surface area contributed by atoms with Crippen molar-refractivity contribution in [1.82, 2.24) is 4.90 Å². The van der Waals surface area contributed by atoms with Gasteiger partial charge in [0.25, 0.3) is 12.2 Å². The van der Waals surface area contributed by atoms with Crippen LogP contribution in [0.2, 0.25) is 5.02 Å². The maximum absolute atomic E-state index is 12.8. The fourth-order valence-electron chi connectivity index (χ4n) is 2.88. The first-order chi connectivity index (χ1) is 15.8. The maximum Gasteiger partial charge on any atom is 0.268 e. The van der Waals surface area contributed by atoms with Gasteiger partial charge in [0.1, 0.15) is 0 Å². The highest BCUT2D eigenvalue weighted by molar-refractivity contribution is 9.10. The number of halogens is 2. The van der Waals surface area contributed by atoms with Crippen molar-refractivity contribution in [2.24, 2.45) is 0 Å². The molecule has 4 rings (SSSR count). The lowest BCUT2D eigenvalue weighted by molar-refractivity contribution is 0.0302. The summed E-state index contributed by atoms with van der Waals surface area (Å²) in [4.78, 5) is 14.5. The Morgan fingerprint density at radius 1 is 1.12 bits per heavy atom. The van der Waals surface area contributed by atoms with Crippen LogP contribution < -0.4 is 9.47 Å². The fourth-order valence-corrected chi connectivity index (χ4v) is 3.65. The number of nitrogens with zero attached hydrogens (tertiary/aromatic N) is 1. The second kappa shape index (κ2) is 13.4. The number of rotatable bonds is 2. The molecule has 2 aliphatic rings. The second-order valence-electron chi connectivity index (χ2n) is 7.54. The summed E-state index contributed by atoms with van der Waals surface area (Å²) in [5.41, 5.74) is 2.65. The van der Waals surface area contributed by atoms with Gasteiger partial charge in [-0.25, -0.2) is 0 Å². The molecular weight excluding hydrogens is 506 g/mol. The van der Waals surface area contributed by atoms with Crippen molar-refractivity contribution < 1.29 is 19.0 Å². The summed E-state index contributed by atoms with van der Waals surface area (Å²) < 4.78 is 17.7. The first-order valence-electron chi connectivity index (χ1n) is 10.8. The van der Waals surface area contributed by atoms with Crippen molar-refractivity contribution in [2.75, 3.05) is 26.3 Å². The van der Waals surface area contributed by atoms with Crippen molar-refractivity contribution >= 4 is 33.4 Å². The minimum absolute atomic E-state index is 0.136. The predicted molar refractivity (Wildman–Crippen MR) is 137 cm³/mol. The molecule has 178 valence electrons. The van der Waals surface area contributed by atoms with E-state index in [0.717, 1.165) is 5.56 Å². The van der Waals surface area contributed by atoms with E-state index in [9.17, 15) is 4.79 Å². The van der Waals surface area contributed by atoms with Crippen LogP contribution in [-0.2, 0) is 4.74 Å². The molecule has 1 atom stereocenters. The molecule has 2 aliphatic heterocycles. The van der Waals surface area contributed by atoms with Crippen LogP contribution >= 0.6 is 27.5 Å². The molecule has 0 saturated carbocycles. The van der Waals surface area contributed by atoms with Gasteiger partial charge in [0, 0.05) is 18.7 Å². The Labute approximate surface area is 210 Å². The molecule has 1 unspecified atom stereocenters. The molecule has 0 N–H and O–H groups in total. The topological polar surface area (TPSA) is 48.0 Å². The molecule has 5 nitrogen and oxygen atoms in total. The fraction of sp³-hybridized carbons (Fsp3) is 0.346. The van der Waals surface area contributed by atoms with Crippen LogP contribution in [0.4, 0.5) is 0 Å². The summed E-state index contributed by atoms with van der Waals surface area (Å²) in [5.74, 6) is 0.766. The summed E-state index contributed by atoms with van der Waals surface area (Å²) >= 11 is 9.95. The minimum atomic E-state index is -0.585. The van der Waals surface area contributed by atoms with E-state index in [1.165, 1.54) is 5.57 Å². The zero-order chi connectivity index (χ0) is 24.4. The first-order valence-corrected chi connectivity index (χ1v) is 11.9. The lowest BCUT2D eigenvalue weighted by Gasteiger charge is -2.27. The normalized spacial score (nSPS) is 15.9. The molecule has 0 aromatic heterocycles. The Morgan fingerprint density at radius 2 is 1.67 bits per heavy atom. The van der Waals surface area contributed by atoms with Crippen LogP contribution in [0.25, 0.3) is 0 Å². The van der Waals surface area contributed by atoms with Crippen LogP contribution in [0.15, 0.2) is 65.2 Å². The van der Waals surface area contributed by atoms with Gasteiger partial charge in [-0.15, -0.1) is 6.58 Å². The quantitative estimate of drug-likeness (QED) is 0.381. The molecule has 33 heavy (non-hydrogen) atoms.